The van der Waals surface area contributed by atoms with Gasteiger partial charge in [-0.05, 0) is 39.3 Å². The molecule has 1 amide bonds. The van der Waals surface area contributed by atoms with Gasteiger partial charge in [-0.15, -0.1) is 0 Å². The fraction of sp³-hybridized carbons (Fsp3) is 0.438. The van der Waals surface area contributed by atoms with Crippen LogP contribution in [0.4, 0.5) is 0 Å². The van der Waals surface area contributed by atoms with Crippen molar-refractivity contribution in [2.24, 2.45) is 7.05 Å². The largest absolute Gasteiger partial charge is 0.472 e. The molecule has 0 radical (unpaired) electrons. The lowest BCUT2D eigenvalue weighted by Gasteiger charge is -2.20. The van der Waals surface area contributed by atoms with Crippen LogP contribution in [0.15, 0.2) is 24.4 Å². The maximum absolute atomic E-state index is 12.1. The molecule has 0 saturated heterocycles. The number of aromatic nitrogens is 3. The average molecular weight is 302 g/mol. The number of carbonyl (C=O) groups excluding carboxylic acids is 1. The molecule has 0 bridgehead atoms. The Kier molecular flexibility index (Phi) is 4.49. The molecule has 6 heteroatoms. The summed E-state index contributed by atoms with van der Waals surface area (Å²) in [4.78, 5) is 16.3. The molecule has 1 N–H and O–H groups in total. The second-order valence-corrected chi connectivity index (χ2v) is 6.20. The first-order chi connectivity index (χ1) is 10.2. The van der Waals surface area contributed by atoms with Crippen molar-refractivity contribution < 1.29 is 9.53 Å². The maximum atomic E-state index is 12.1. The monoisotopic (exact) mass is 302 g/mol. The molecule has 118 valence electrons. The Morgan fingerprint density at radius 1 is 1.36 bits per heavy atom. The van der Waals surface area contributed by atoms with Crippen molar-refractivity contribution in [3.63, 3.8) is 0 Å². The van der Waals surface area contributed by atoms with Crippen LogP contribution >= 0.6 is 0 Å². The summed E-state index contributed by atoms with van der Waals surface area (Å²) in [7, 11) is 1.75. The van der Waals surface area contributed by atoms with E-state index in [1.54, 1.807) is 30.1 Å². The van der Waals surface area contributed by atoms with Crippen molar-refractivity contribution in [2.45, 2.75) is 39.8 Å². The van der Waals surface area contributed by atoms with Gasteiger partial charge in [0.2, 0.25) is 5.88 Å². The summed E-state index contributed by atoms with van der Waals surface area (Å²) in [6.07, 6.45) is 1.70. The molecule has 2 heterocycles. The minimum atomic E-state index is -0.278. The fourth-order valence-electron chi connectivity index (χ4n) is 1.99. The minimum Gasteiger partial charge on any atom is -0.472 e. The number of hydrogen-bond donors (Lipinski definition) is 1. The van der Waals surface area contributed by atoms with Crippen LogP contribution in [-0.2, 0) is 13.6 Å². The van der Waals surface area contributed by atoms with Crippen molar-refractivity contribution in [3.05, 3.63) is 41.3 Å². The van der Waals surface area contributed by atoms with Crippen LogP contribution in [0.25, 0.3) is 0 Å². The van der Waals surface area contributed by atoms with Gasteiger partial charge in [0.05, 0.1) is 5.69 Å². The molecule has 2 aromatic heterocycles. The van der Waals surface area contributed by atoms with Crippen molar-refractivity contribution >= 4 is 5.91 Å². The van der Waals surface area contributed by atoms with E-state index in [0.29, 0.717) is 18.1 Å². The van der Waals surface area contributed by atoms with Gasteiger partial charge in [-0.25, -0.2) is 4.98 Å². The van der Waals surface area contributed by atoms with Crippen LogP contribution in [0, 0.1) is 6.92 Å². The number of nitrogens with zero attached hydrogens (tertiary/aromatic N) is 3. The van der Waals surface area contributed by atoms with Crippen LogP contribution < -0.4 is 10.1 Å². The predicted octanol–water partition coefficient (Wildman–Crippen LogP) is 2.23. The molecule has 0 atom stereocenters. The van der Waals surface area contributed by atoms with E-state index < -0.39 is 0 Å². The molecule has 22 heavy (non-hydrogen) atoms. The zero-order valence-corrected chi connectivity index (χ0v) is 13.7. The third-order valence-electron chi connectivity index (χ3n) is 2.90. The van der Waals surface area contributed by atoms with Crippen molar-refractivity contribution in [1.29, 1.82) is 0 Å². The van der Waals surface area contributed by atoms with E-state index in [0.717, 1.165) is 11.3 Å². The molecule has 0 saturated carbocycles. The average Bonchev–Trinajstić information content (AvgIpc) is 2.75. The van der Waals surface area contributed by atoms with Gasteiger partial charge in [0.1, 0.15) is 11.3 Å². The SMILES string of the molecule is Cc1cc(C(=O)NCc2ccc(OC(C)(C)C)nc2)n(C)n1. The van der Waals surface area contributed by atoms with Crippen LogP contribution in [0.2, 0.25) is 0 Å². The summed E-state index contributed by atoms with van der Waals surface area (Å²) in [5.74, 6) is 0.419. The van der Waals surface area contributed by atoms with E-state index in [9.17, 15) is 4.79 Å². The minimum absolute atomic E-state index is 0.155. The molecule has 0 aliphatic carbocycles. The Morgan fingerprint density at radius 3 is 2.59 bits per heavy atom. The molecule has 0 fully saturated rings. The van der Waals surface area contributed by atoms with Crippen LogP contribution in [0.3, 0.4) is 0 Å². The zero-order valence-electron chi connectivity index (χ0n) is 13.7. The highest BCUT2D eigenvalue weighted by Gasteiger charge is 2.13. The molecule has 2 rings (SSSR count). The molecule has 6 nitrogen and oxygen atoms in total. The quantitative estimate of drug-likeness (QED) is 0.940. The van der Waals surface area contributed by atoms with Gasteiger partial charge < -0.3 is 10.1 Å². The van der Waals surface area contributed by atoms with Gasteiger partial charge in [0.25, 0.3) is 5.91 Å². The molecular formula is C16H22N4O2. The fourth-order valence-corrected chi connectivity index (χ4v) is 1.99. The van der Waals surface area contributed by atoms with E-state index in [2.05, 4.69) is 15.4 Å². The van der Waals surface area contributed by atoms with Crippen molar-refractivity contribution in [1.82, 2.24) is 20.1 Å². The van der Waals surface area contributed by atoms with Gasteiger partial charge in [0, 0.05) is 25.9 Å². The number of aryl methyl sites for hydroxylation is 2. The first-order valence-corrected chi connectivity index (χ1v) is 7.17. The predicted molar refractivity (Wildman–Crippen MR) is 83.7 cm³/mol. The summed E-state index contributed by atoms with van der Waals surface area (Å²) >= 11 is 0. The summed E-state index contributed by atoms with van der Waals surface area (Å²) in [6, 6.07) is 5.46. The third kappa shape index (κ3) is 4.31. The lowest BCUT2D eigenvalue weighted by Crippen LogP contribution is -2.25. The Hall–Kier alpha value is -2.37. The summed E-state index contributed by atoms with van der Waals surface area (Å²) in [5.41, 5.74) is 1.99. The Morgan fingerprint density at radius 2 is 2.09 bits per heavy atom. The van der Waals surface area contributed by atoms with Crippen LogP contribution in [0.1, 0.15) is 42.5 Å². The van der Waals surface area contributed by atoms with Gasteiger partial charge in [-0.2, -0.15) is 5.10 Å². The second kappa shape index (κ2) is 6.17. The number of hydrogen-bond acceptors (Lipinski definition) is 4. The summed E-state index contributed by atoms with van der Waals surface area (Å²) < 4.78 is 7.23. The van der Waals surface area contributed by atoms with Gasteiger partial charge in [0.15, 0.2) is 0 Å². The molecule has 0 aromatic carbocycles. The number of nitrogens with one attached hydrogen (secondary N) is 1. The summed E-state index contributed by atoms with van der Waals surface area (Å²) in [5, 5.41) is 7.02. The Balaban J connectivity index is 1.94. The number of carbonyl (C=O) groups is 1. The second-order valence-electron chi connectivity index (χ2n) is 6.20. The lowest BCUT2D eigenvalue weighted by molar-refractivity contribution is 0.0941. The molecule has 2 aromatic rings. The normalized spacial score (nSPS) is 11.3. The highest BCUT2D eigenvalue weighted by atomic mass is 16.5. The van der Waals surface area contributed by atoms with Gasteiger partial charge in [-0.3, -0.25) is 9.48 Å². The lowest BCUT2D eigenvalue weighted by atomic mass is 10.2. The number of pyridine rings is 1. The van der Waals surface area contributed by atoms with E-state index in [4.69, 9.17) is 4.74 Å². The van der Waals surface area contributed by atoms with E-state index in [-0.39, 0.29) is 11.5 Å². The first kappa shape index (κ1) is 16.0. The first-order valence-electron chi connectivity index (χ1n) is 7.17. The zero-order chi connectivity index (χ0) is 16.3. The molecule has 0 spiro atoms. The highest BCUT2D eigenvalue weighted by molar-refractivity contribution is 5.92. The molecular weight excluding hydrogens is 280 g/mol. The molecule has 0 unspecified atom stereocenters. The molecule has 0 aliphatic rings. The van der Waals surface area contributed by atoms with Crippen molar-refractivity contribution in [3.8, 4) is 5.88 Å². The van der Waals surface area contributed by atoms with E-state index in [1.807, 2.05) is 33.8 Å². The number of ether oxygens (including phenoxy) is 1. The standard InChI is InChI=1S/C16H22N4O2/c1-11-8-13(20(5)19-11)15(21)18-10-12-6-7-14(17-9-12)22-16(2,3)4/h6-9H,10H2,1-5H3,(H,18,21). The summed E-state index contributed by atoms with van der Waals surface area (Å²) in [6.45, 7) is 8.18. The third-order valence-corrected chi connectivity index (χ3v) is 2.90. The van der Waals surface area contributed by atoms with E-state index in [1.165, 1.54) is 0 Å². The molecule has 0 aliphatic heterocycles. The van der Waals surface area contributed by atoms with Crippen LogP contribution in [0.5, 0.6) is 5.88 Å². The van der Waals surface area contributed by atoms with Gasteiger partial charge >= 0.3 is 0 Å². The Labute approximate surface area is 130 Å². The van der Waals surface area contributed by atoms with E-state index >= 15 is 0 Å². The highest BCUT2D eigenvalue weighted by Crippen LogP contribution is 2.15. The van der Waals surface area contributed by atoms with Crippen LogP contribution in [-0.4, -0.2) is 26.3 Å². The number of rotatable bonds is 4. The van der Waals surface area contributed by atoms with Crippen molar-refractivity contribution in [2.75, 3.05) is 0 Å². The smallest absolute Gasteiger partial charge is 0.269 e. The number of amides is 1. The topological polar surface area (TPSA) is 69.0 Å². The van der Waals surface area contributed by atoms with Gasteiger partial charge in [-0.1, -0.05) is 6.07 Å². The Bertz CT molecular complexity index is 654. The maximum Gasteiger partial charge on any atom is 0.269 e.